The third-order valence-corrected chi connectivity index (χ3v) is 8.17. The maximum absolute atomic E-state index is 13.8. The number of fused-ring (bicyclic) bond motifs is 1. The highest BCUT2D eigenvalue weighted by Crippen LogP contribution is 2.49. The van der Waals surface area contributed by atoms with Crippen molar-refractivity contribution >= 4 is 29.4 Å². The molecule has 9 heteroatoms. The molecule has 1 aliphatic rings. The Hall–Kier alpha value is -3.98. The highest BCUT2D eigenvalue weighted by atomic mass is 32.2. The van der Waals surface area contributed by atoms with Crippen molar-refractivity contribution in [2.45, 2.75) is 44.9 Å². The van der Waals surface area contributed by atoms with Gasteiger partial charge in [-0.1, -0.05) is 45.0 Å². The van der Waals surface area contributed by atoms with Crippen molar-refractivity contribution in [2.24, 2.45) is 0 Å². The first-order chi connectivity index (χ1) is 19.2. The molecule has 0 radical (unpaired) electrons. The van der Waals surface area contributed by atoms with Crippen LogP contribution in [-0.2, 0) is 21.5 Å². The number of thioether (sulfide) groups is 1. The number of aryl methyl sites for hydroxylation is 1. The third-order valence-electron chi connectivity index (χ3n) is 6.93. The number of nitrogens with one attached hydrogen (secondary N) is 1. The minimum atomic E-state index is -0.329. The molecule has 3 heterocycles. The Kier molecular flexibility index (Phi) is 7.76. The second kappa shape index (κ2) is 11.3. The third kappa shape index (κ3) is 5.51. The number of rotatable bonds is 7. The molecule has 0 bridgehead atoms. The molecule has 40 heavy (non-hydrogen) atoms. The SMILES string of the molecule is COc1ccc(-n2nc(C(C)(C)C)c3c2N(CC(=O)NCc2ccco2)C(=O)CS[C@@H]3c2ccccc2C)cc1. The number of nitrogens with zero attached hydrogens (tertiary/aromatic N) is 3. The van der Waals surface area contributed by atoms with E-state index < -0.39 is 0 Å². The van der Waals surface area contributed by atoms with Gasteiger partial charge in [-0.05, 0) is 54.4 Å². The smallest absolute Gasteiger partial charge is 0.240 e. The zero-order valence-electron chi connectivity index (χ0n) is 23.4. The van der Waals surface area contributed by atoms with E-state index in [9.17, 15) is 9.59 Å². The van der Waals surface area contributed by atoms with E-state index in [4.69, 9.17) is 14.3 Å². The summed E-state index contributed by atoms with van der Waals surface area (Å²) in [5.41, 5.74) is 4.55. The van der Waals surface area contributed by atoms with E-state index >= 15 is 0 Å². The van der Waals surface area contributed by atoms with E-state index in [0.29, 0.717) is 11.6 Å². The number of hydrogen-bond acceptors (Lipinski definition) is 6. The number of anilines is 1. The number of carbonyl (C=O) groups excluding carboxylic acids is 2. The van der Waals surface area contributed by atoms with E-state index in [1.54, 1.807) is 42.2 Å². The molecule has 0 fully saturated rings. The highest BCUT2D eigenvalue weighted by Gasteiger charge is 2.40. The van der Waals surface area contributed by atoms with Gasteiger partial charge in [0.15, 0.2) is 0 Å². The van der Waals surface area contributed by atoms with Gasteiger partial charge in [-0.25, -0.2) is 4.68 Å². The molecule has 8 nitrogen and oxygen atoms in total. The Morgan fingerprint density at radius 2 is 1.88 bits per heavy atom. The first-order valence-corrected chi connectivity index (χ1v) is 14.3. The van der Waals surface area contributed by atoms with Crippen molar-refractivity contribution in [1.29, 1.82) is 0 Å². The molecule has 0 saturated heterocycles. The fraction of sp³-hybridized carbons (Fsp3) is 0.323. The van der Waals surface area contributed by atoms with Gasteiger partial charge in [0, 0.05) is 11.0 Å². The molecule has 0 saturated carbocycles. The largest absolute Gasteiger partial charge is 0.497 e. The van der Waals surface area contributed by atoms with Gasteiger partial charge in [0.25, 0.3) is 0 Å². The van der Waals surface area contributed by atoms with Crippen LogP contribution in [0.4, 0.5) is 5.82 Å². The van der Waals surface area contributed by atoms with Crippen LogP contribution in [0, 0.1) is 6.92 Å². The van der Waals surface area contributed by atoms with Gasteiger partial charge < -0.3 is 14.5 Å². The van der Waals surface area contributed by atoms with Crippen molar-refractivity contribution in [1.82, 2.24) is 15.1 Å². The Morgan fingerprint density at radius 1 is 1.12 bits per heavy atom. The summed E-state index contributed by atoms with van der Waals surface area (Å²) in [6.07, 6.45) is 1.57. The zero-order valence-corrected chi connectivity index (χ0v) is 24.2. The Balaban J connectivity index is 1.68. The van der Waals surface area contributed by atoms with Crippen molar-refractivity contribution in [3.05, 3.63) is 95.1 Å². The van der Waals surface area contributed by atoms with Gasteiger partial charge in [0.1, 0.15) is 23.9 Å². The summed E-state index contributed by atoms with van der Waals surface area (Å²) in [5, 5.41) is 7.88. The first kappa shape index (κ1) is 27.6. The lowest BCUT2D eigenvalue weighted by Gasteiger charge is -2.25. The van der Waals surface area contributed by atoms with Crippen molar-refractivity contribution in [3.8, 4) is 11.4 Å². The van der Waals surface area contributed by atoms with E-state index in [1.807, 2.05) is 41.1 Å². The number of hydrogen-bond donors (Lipinski definition) is 1. The Bertz CT molecular complexity index is 1500. The molecule has 0 unspecified atom stereocenters. The number of carbonyl (C=O) groups is 2. The second-order valence-electron chi connectivity index (χ2n) is 10.8. The van der Waals surface area contributed by atoms with Gasteiger partial charge in [0.2, 0.25) is 11.8 Å². The van der Waals surface area contributed by atoms with Crippen LogP contribution in [0.2, 0.25) is 0 Å². The van der Waals surface area contributed by atoms with Crippen LogP contribution >= 0.6 is 11.8 Å². The first-order valence-electron chi connectivity index (χ1n) is 13.2. The summed E-state index contributed by atoms with van der Waals surface area (Å²) in [6, 6.07) is 19.4. The minimum absolute atomic E-state index is 0.140. The van der Waals surface area contributed by atoms with Gasteiger partial charge in [-0.2, -0.15) is 5.10 Å². The van der Waals surface area contributed by atoms with Crippen LogP contribution in [-0.4, -0.2) is 41.0 Å². The molecular weight excluding hydrogens is 524 g/mol. The molecule has 4 aromatic rings. The van der Waals surface area contributed by atoms with Crippen LogP contribution in [0.1, 0.15) is 54.2 Å². The number of methoxy groups -OCH3 is 1. The predicted molar refractivity (Wildman–Crippen MR) is 157 cm³/mol. The molecule has 208 valence electrons. The maximum atomic E-state index is 13.8. The van der Waals surface area contributed by atoms with Crippen LogP contribution in [0.5, 0.6) is 5.75 Å². The normalized spacial score (nSPS) is 15.5. The van der Waals surface area contributed by atoms with Gasteiger partial charge in [0.05, 0.1) is 42.3 Å². The van der Waals surface area contributed by atoms with Crippen LogP contribution < -0.4 is 15.0 Å². The number of aromatic nitrogens is 2. The average molecular weight is 559 g/mol. The molecule has 0 spiro atoms. The van der Waals surface area contributed by atoms with Crippen molar-refractivity contribution in [3.63, 3.8) is 0 Å². The lowest BCUT2D eigenvalue weighted by Crippen LogP contribution is -2.42. The summed E-state index contributed by atoms with van der Waals surface area (Å²) in [4.78, 5) is 28.6. The lowest BCUT2D eigenvalue weighted by atomic mass is 9.86. The molecule has 2 aromatic heterocycles. The van der Waals surface area contributed by atoms with Crippen molar-refractivity contribution in [2.75, 3.05) is 24.3 Å². The predicted octanol–water partition coefficient (Wildman–Crippen LogP) is 5.57. The standard InChI is InChI=1S/C31H34N4O4S/c1-20-9-6-7-11-24(20)28-27-29(31(2,3)4)33-35(21-12-14-22(38-5)15-13-21)30(27)34(26(37)19-40-28)18-25(36)32-17-23-10-8-16-39-23/h6-16,28H,17-19H2,1-5H3,(H,32,36)/t28-/m1/s1. The molecule has 0 aliphatic carbocycles. The van der Waals surface area contributed by atoms with Crippen LogP contribution in [0.25, 0.3) is 5.69 Å². The molecule has 1 N–H and O–H groups in total. The average Bonchev–Trinajstić information content (AvgIpc) is 3.57. The zero-order chi connectivity index (χ0) is 28.4. The second-order valence-corrected chi connectivity index (χ2v) is 11.9. The van der Waals surface area contributed by atoms with Gasteiger partial charge in [-0.15, -0.1) is 11.8 Å². The number of furan rings is 1. The molecule has 5 rings (SSSR count). The van der Waals surface area contributed by atoms with Crippen molar-refractivity contribution < 1.29 is 18.7 Å². The van der Waals surface area contributed by atoms with E-state index in [1.165, 1.54) is 0 Å². The lowest BCUT2D eigenvalue weighted by molar-refractivity contribution is -0.123. The van der Waals surface area contributed by atoms with Gasteiger partial charge >= 0.3 is 0 Å². The number of ether oxygens (including phenoxy) is 1. The summed E-state index contributed by atoms with van der Waals surface area (Å²) in [7, 11) is 1.62. The van der Waals surface area contributed by atoms with E-state index in [0.717, 1.165) is 33.8 Å². The summed E-state index contributed by atoms with van der Waals surface area (Å²) in [6.45, 7) is 8.57. The topological polar surface area (TPSA) is 89.6 Å². The highest BCUT2D eigenvalue weighted by molar-refractivity contribution is 8.00. The van der Waals surface area contributed by atoms with Crippen LogP contribution in [0.3, 0.4) is 0 Å². The Labute approximate surface area is 238 Å². The Morgan fingerprint density at radius 3 is 2.52 bits per heavy atom. The van der Waals surface area contributed by atoms with E-state index in [2.05, 4.69) is 45.1 Å². The molecule has 1 atom stereocenters. The number of benzene rings is 2. The maximum Gasteiger partial charge on any atom is 0.240 e. The van der Waals surface area contributed by atoms with Gasteiger partial charge in [-0.3, -0.25) is 14.5 Å². The summed E-state index contributed by atoms with van der Waals surface area (Å²) < 4.78 is 12.5. The summed E-state index contributed by atoms with van der Waals surface area (Å²) >= 11 is 1.58. The summed E-state index contributed by atoms with van der Waals surface area (Å²) in [5.74, 6) is 1.78. The molecular formula is C31H34N4O4S. The number of amides is 2. The molecule has 2 amide bonds. The molecule has 1 aliphatic heterocycles. The fourth-order valence-corrected chi connectivity index (χ4v) is 6.19. The van der Waals surface area contributed by atoms with E-state index in [-0.39, 0.29) is 41.3 Å². The minimum Gasteiger partial charge on any atom is -0.497 e. The fourth-order valence-electron chi connectivity index (χ4n) is 4.90. The quantitative estimate of drug-likeness (QED) is 0.319. The monoisotopic (exact) mass is 558 g/mol. The van der Waals surface area contributed by atoms with Crippen LogP contribution in [0.15, 0.2) is 71.3 Å². The molecule has 2 aromatic carbocycles.